The van der Waals surface area contributed by atoms with Gasteiger partial charge in [-0.25, -0.2) is 0 Å². The van der Waals surface area contributed by atoms with E-state index in [4.69, 9.17) is 0 Å². The van der Waals surface area contributed by atoms with Gasteiger partial charge in [0.25, 0.3) is 5.91 Å². The second-order valence-electron chi connectivity index (χ2n) is 9.04. The molecule has 36 heavy (non-hydrogen) atoms. The normalized spacial score (nSPS) is 16.9. The lowest BCUT2D eigenvalue weighted by Crippen LogP contribution is -2.33. The highest BCUT2D eigenvalue weighted by atomic mass is 32.1. The third-order valence-corrected chi connectivity index (χ3v) is 7.45. The summed E-state index contributed by atoms with van der Waals surface area (Å²) in [5.41, 5.74) is 8.08. The highest BCUT2D eigenvalue weighted by Crippen LogP contribution is 2.36. The maximum atomic E-state index is 12.9. The number of carbonyl (C=O) groups is 2. The van der Waals surface area contributed by atoms with Crippen LogP contribution >= 0.6 is 11.3 Å². The number of nitrogens with zero attached hydrogens (tertiary/aromatic N) is 2. The first-order valence-corrected chi connectivity index (χ1v) is 13.5. The van der Waals surface area contributed by atoms with E-state index in [0.29, 0.717) is 24.6 Å². The van der Waals surface area contributed by atoms with Gasteiger partial charge in [0.2, 0.25) is 5.91 Å². The lowest BCUT2D eigenvalue weighted by Gasteiger charge is -2.30. The summed E-state index contributed by atoms with van der Waals surface area (Å²) >= 11 is 1.69. The number of anilines is 1. The van der Waals surface area contributed by atoms with Crippen molar-refractivity contribution in [2.75, 3.05) is 31.5 Å². The second kappa shape index (κ2) is 12.1. The molecule has 188 valence electrons. The maximum Gasteiger partial charge on any atom is 0.253 e. The highest BCUT2D eigenvalue weighted by Gasteiger charge is 2.25. The zero-order chi connectivity index (χ0) is 25.5. The molecule has 0 aliphatic carbocycles. The molecule has 6 nitrogen and oxygen atoms in total. The Morgan fingerprint density at radius 2 is 1.83 bits per heavy atom. The third kappa shape index (κ3) is 6.09. The Morgan fingerprint density at radius 3 is 2.50 bits per heavy atom. The van der Waals surface area contributed by atoms with E-state index in [9.17, 15) is 9.59 Å². The number of hydrogen-bond acceptors (Lipinski definition) is 5. The molecule has 1 atom stereocenters. The van der Waals surface area contributed by atoms with Crippen LogP contribution in [0.5, 0.6) is 0 Å². The van der Waals surface area contributed by atoms with Crippen LogP contribution in [0.25, 0.3) is 5.57 Å². The number of aromatic nitrogens is 1. The van der Waals surface area contributed by atoms with Crippen LogP contribution in [0, 0.1) is 5.92 Å². The molecule has 1 unspecified atom stereocenters. The predicted molar refractivity (Wildman–Crippen MR) is 147 cm³/mol. The van der Waals surface area contributed by atoms with Gasteiger partial charge in [-0.15, -0.1) is 11.3 Å². The Kier molecular flexibility index (Phi) is 8.67. The number of carbonyl (C=O) groups excluding carboxylic acids is 2. The summed E-state index contributed by atoms with van der Waals surface area (Å²) < 4.78 is 0. The summed E-state index contributed by atoms with van der Waals surface area (Å²) in [6, 6.07) is 16.1. The quantitative estimate of drug-likeness (QED) is 0.442. The first-order valence-electron chi connectivity index (χ1n) is 12.6. The van der Waals surface area contributed by atoms with E-state index in [2.05, 4.69) is 33.8 Å². The molecule has 2 N–H and O–H groups in total. The van der Waals surface area contributed by atoms with Gasteiger partial charge in [0.1, 0.15) is 0 Å². The molecule has 1 saturated heterocycles. The molecule has 0 bridgehead atoms. The summed E-state index contributed by atoms with van der Waals surface area (Å²) in [5.74, 6) is 0.291. The molecule has 0 radical (unpaired) electrons. The van der Waals surface area contributed by atoms with E-state index in [-0.39, 0.29) is 11.8 Å². The molecule has 0 saturated carbocycles. The van der Waals surface area contributed by atoms with Gasteiger partial charge in [-0.2, -0.15) is 0 Å². The standard InChI is InChI=1S/C29H34N4O2S/c1-4-33(5-2)29(35)22-11-9-21(10-12-22)28(23-7-6-8-25(15-23)32-20(3)34)27-13-14-30-17-24(27)16-26-18-31-19-36-26/h6-12,15,18-19,24,30H,4-5,13-14,16-17H2,1-3H3,(H,32,34). The Bertz CT molecular complexity index is 1210. The van der Waals surface area contributed by atoms with Crippen molar-refractivity contribution >= 4 is 34.4 Å². The Balaban J connectivity index is 1.80. The van der Waals surface area contributed by atoms with Crippen LogP contribution < -0.4 is 10.6 Å². The highest BCUT2D eigenvalue weighted by molar-refractivity contribution is 7.09. The zero-order valence-electron chi connectivity index (χ0n) is 21.2. The summed E-state index contributed by atoms with van der Waals surface area (Å²) in [7, 11) is 0. The Hall–Kier alpha value is -3.29. The fourth-order valence-corrected chi connectivity index (χ4v) is 5.58. The van der Waals surface area contributed by atoms with Crippen molar-refractivity contribution in [3.63, 3.8) is 0 Å². The molecule has 2 heterocycles. The van der Waals surface area contributed by atoms with Crippen LogP contribution in [-0.2, 0) is 11.2 Å². The van der Waals surface area contributed by atoms with Crippen LogP contribution in [0.2, 0.25) is 0 Å². The number of hydrogen-bond donors (Lipinski definition) is 2. The van der Waals surface area contributed by atoms with Crippen LogP contribution in [0.1, 0.15) is 53.6 Å². The van der Waals surface area contributed by atoms with E-state index in [1.54, 1.807) is 11.3 Å². The minimum absolute atomic E-state index is 0.0540. The van der Waals surface area contributed by atoms with Crippen molar-refractivity contribution in [3.8, 4) is 0 Å². The van der Waals surface area contributed by atoms with Gasteiger partial charge in [0.05, 0.1) is 5.51 Å². The average Bonchev–Trinajstić information content (AvgIpc) is 3.39. The van der Waals surface area contributed by atoms with Crippen LogP contribution in [0.15, 0.2) is 65.8 Å². The summed E-state index contributed by atoms with van der Waals surface area (Å²) in [4.78, 5) is 32.0. The Labute approximate surface area is 217 Å². The second-order valence-corrected chi connectivity index (χ2v) is 10.0. The van der Waals surface area contributed by atoms with E-state index in [0.717, 1.165) is 42.7 Å². The van der Waals surface area contributed by atoms with Crippen molar-refractivity contribution < 1.29 is 9.59 Å². The van der Waals surface area contributed by atoms with Crippen molar-refractivity contribution in [2.24, 2.45) is 5.92 Å². The molecule has 1 fully saturated rings. The molecule has 7 heteroatoms. The van der Waals surface area contributed by atoms with E-state index >= 15 is 0 Å². The zero-order valence-corrected chi connectivity index (χ0v) is 22.0. The number of amides is 2. The molecule has 3 aromatic rings. The molecule has 2 aromatic carbocycles. The molecule has 1 aliphatic rings. The fourth-order valence-electron chi connectivity index (χ4n) is 4.90. The van der Waals surface area contributed by atoms with Crippen LogP contribution in [0.4, 0.5) is 5.69 Å². The molecule has 1 aliphatic heterocycles. The minimum atomic E-state index is -0.0921. The van der Waals surface area contributed by atoms with E-state index in [1.165, 1.54) is 22.9 Å². The van der Waals surface area contributed by atoms with Crippen molar-refractivity contribution in [3.05, 3.63) is 87.4 Å². The molecule has 0 spiro atoms. The number of thiazole rings is 1. The summed E-state index contributed by atoms with van der Waals surface area (Å²) in [6.45, 7) is 8.72. The average molecular weight is 503 g/mol. The SMILES string of the molecule is CCN(CC)C(=O)c1ccc(C(=C2CCNCC2Cc2cncs2)c2cccc(NC(C)=O)c2)cc1. The van der Waals surface area contributed by atoms with Gasteiger partial charge in [-0.05, 0) is 80.1 Å². The molecule has 1 aromatic heterocycles. The maximum absolute atomic E-state index is 12.9. The van der Waals surface area contributed by atoms with Gasteiger partial charge in [-0.3, -0.25) is 14.6 Å². The molecule has 2 amide bonds. The summed E-state index contributed by atoms with van der Waals surface area (Å²) in [5, 5.41) is 6.49. The topological polar surface area (TPSA) is 74.3 Å². The minimum Gasteiger partial charge on any atom is -0.339 e. The first-order chi connectivity index (χ1) is 17.5. The number of piperidine rings is 1. The van der Waals surface area contributed by atoms with Gasteiger partial charge < -0.3 is 15.5 Å². The predicted octanol–water partition coefficient (Wildman–Crippen LogP) is 5.24. The van der Waals surface area contributed by atoms with E-state index in [1.807, 2.05) is 60.8 Å². The third-order valence-electron chi connectivity index (χ3n) is 6.65. The smallest absolute Gasteiger partial charge is 0.253 e. The lowest BCUT2D eigenvalue weighted by atomic mass is 9.81. The molecular formula is C29H34N4O2S. The van der Waals surface area contributed by atoms with Crippen molar-refractivity contribution in [2.45, 2.75) is 33.6 Å². The number of nitrogens with one attached hydrogen (secondary N) is 2. The molecule has 4 rings (SSSR count). The first kappa shape index (κ1) is 25.8. The number of benzene rings is 2. The largest absolute Gasteiger partial charge is 0.339 e. The van der Waals surface area contributed by atoms with Gasteiger partial charge in [0, 0.05) is 48.9 Å². The monoisotopic (exact) mass is 502 g/mol. The summed E-state index contributed by atoms with van der Waals surface area (Å²) in [6.07, 6.45) is 3.82. The van der Waals surface area contributed by atoms with Gasteiger partial charge in [0.15, 0.2) is 0 Å². The van der Waals surface area contributed by atoms with E-state index < -0.39 is 0 Å². The van der Waals surface area contributed by atoms with Gasteiger partial charge >= 0.3 is 0 Å². The fraction of sp³-hybridized carbons (Fsp3) is 0.345. The number of rotatable bonds is 8. The van der Waals surface area contributed by atoms with Crippen LogP contribution in [0.3, 0.4) is 0 Å². The lowest BCUT2D eigenvalue weighted by molar-refractivity contribution is -0.114. The Morgan fingerprint density at radius 1 is 1.08 bits per heavy atom. The van der Waals surface area contributed by atoms with Crippen molar-refractivity contribution in [1.82, 2.24) is 15.2 Å². The van der Waals surface area contributed by atoms with Crippen LogP contribution in [-0.4, -0.2) is 47.9 Å². The molecular weight excluding hydrogens is 468 g/mol. The van der Waals surface area contributed by atoms with Gasteiger partial charge in [-0.1, -0.05) is 29.8 Å². The van der Waals surface area contributed by atoms with Crippen molar-refractivity contribution in [1.29, 1.82) is 0 Å².